The maximum absolute atomic E-state index is 6.16. The third-order valence-electron chi connectivity index (χ3n) is 3.32. The molecule has 1 aromatic carbocycles. The molecule has 1 fully saturated rings. The molecule has 0 spiro atoms. The predicted octanol–water partition coefficient (Wildman–Crippen LogP) is 3.76. The molecule has 0 amide bonds. The molecular weight excluding hydrogens is 302 g/mol. The van der Waals surface area contributed by atoms with Gasteiger partial charge in [-0.2, -0.15) is 0 Å². The zero-order valence-electron chi connectivity index (χ0n) is 9.88. The molecule has 2 unspecified atom stereocenters. The zero-order valence-corrected chi connectivity index (χ0v) is 12.2. The summed E-state index contributed by atoms with van der Waals surface area (Å²) in [7, 11) is 1.79. The van der Waals surface area contributed by atoms with E-state index in [-0.39, 0.29) is 0 Å². The molecule has 1 aliphatic rings. The van der Waals surface area contributed by atoms with Crippen molar-refractivity contribution in [3.05, 3.63) is 33.3 Å². The second kappa shape index (κ2) is 6.19. The summed E-state index contributed by atoms with van der Waals surface area (Å²) in [6.45, 7) is 0.794. The van der Waals surface area contributed by atoms with Crippen LogP contribution < -0.4 is 5.32 Å². The number of hydrogen-bond acceptors (Lipinski definition) is 2. The fourth-order valence-corrected chi connectivity index (χ4v) is 2.95. The molecule has 0 aromatic heterocycles. The van der Waals surface area contributed by atoms with E-state index in [0.29, 0.717) is 12.1 Å². The second-order valence-corrected chi connectivity index (χ2v) is 5.75. The lowest BCUT2D eigenvalue weighted by Crippen LogP contribution is -2.36. The summed E-state index contributed by atoms with van der Waals surface area (Å²) in [5, 5.41) is 4.35. The van der Waals surface area contributed by atoms with E-state index in [2.05, 4.69) is 27.3 Å². The molecule has 2 rings (SSSR count). The van der Waals surface area contributed by atoms with Crippen LogP contribution in [0.5, 0.6) is 0 Å². The van der Waals surface area contributed by atoms with Crippen molar-refractivity contribution in [2.45, 2.75) is 38.0 Å². The Hall–Kier alpha value is -0.0900. The summed E-state index contributed by atoms with van der Waals surface area (Å²) in [4.78, 5) is 0. The smallest absolute Gasteiger partial charge is 0.0724 e. The Morgan fingerprint density at radius 3 is 3.06 bits per heavy atom. The Balaban J connectivity index is 1.95. The topological polar surface area (TPSA) is 21.3 Å². The van der Waals surface area contributed by atoms with Crippen LogP contribution in [0.25, 0.3) is 0 Å². The van der Waals surface area contributed by atoms with Crippen molar-refractivity contribution >= 4 is 27.5 Å². The fourth-order valence-electron chi connectivity index (χ4n) is 2.36. The summed E-state index contributed by atoms with van der Waals surface area (Å²) < 4.78 is 6.52. The Morgan fingerprint density at radius 2 is 2.29 bits per heavy atom. The maximum Gasteiger partial charge on any atom is 0.0724 e. The van der Waals surface area contributed by atoms with Gasteiger partial charge in [0.25, 0.3) is 0 Å². The van der Waals surface area contributed by atoms with Gasteiger partial charge < -0.3 is 10.1 Å². The summed E-state index contributed by atoms with van der Waals surface area (Å²) in [5.41, 5.74) is 1.13. The minimum atomic E-state index is 0.348. The molecule has 0 radical (unpaired) electrons. The van der Waals surface area contributed by atoms with Crippen LogP contribution in [-0.4, -0.2) is 19.3 Å². The van der Waals surface area contributed by atoms with E-state index in [9.17, 15) is 0 Å². The SMILES string of the molecule is COC1CCCC1NCc1cc(Br)ccc1Cl. The van der Waals surface area contributed by atoms with Gasteiger partial charge in [-0.15, -0.1) is 0 Å². The molecular formula is C13H17BrClNO. The van der Waals surface area contributed by atoms with E-state index in [0.717, 1.165) is 28.0 Å². The lowest BCUT2D eigenvalue weighted by molar-refractivity contribution is 0.0847. The van der Waals surface area contributed by atoms with E-state index in [1.165, 1.54) is 12.8 Å². The summed E-state index contributed by atoms with van der Waals surface area (Å²) in [6, 6.07) is 6.39. The lowest BCUT2D eigenvalue weighted by Gasteiger charge is -2.20. The van der Waals surface area contributed by atoms with Crippen LogP contribution >= 0.6 is 27.5 Å². The van der Waals surface area contributed by atoms with Gasteiger partial charge in [-0.1, -0.05) is 27.5 Å². The van der Waals surface area contributed by atoms with Crippen LogP contribution in [0.4, 0.5) is 0 Å². The van der Waals surface area contributed by atoms with E-state index in [1.807, 2.05) is 12.1 Å². The Labute approximate surface area is 116 Å². The Morgan fingerprint density at radius 1 is 1.47 bits per heavy atom. The van der Waals surface area contributed by atoms with Gasteiger partial charge in [0.1, 0.15) is 0 Å². The van der Waals surface area contributed by atoms with Crippen LogP contribution in [-0.2, 0) is 11.3 Å². The molecule has 2 atom stereocenters. The molecule has 0 saturated heterocycles. The van der Waals surface area contributed by atoms with Crippen molar-refractivity contribution in [1.29, 1.82) is 0 Å². The standard InChI is InChI=1S/C13H17BrClNO/c1-17-13-4-2-3-12(13)16-8-9-7-10(14)5-6-11(9)15/h5-7,12-13,16H,2-4,8H2,1H3. The van der Waals surface area contributed by atoms with Crippen molar-refractivity contribution in [3.63, 3.8) is 0 Å². The molecule has 17 heavy (non-hydrogen) atoms. The first-order valence-corrected chi connectivity index (χ1v) is 7.08. The first kappa shape index (κ1) is 13.3. The molecule has 0 heterocycles. The summed E-state index contributed by atoms with van der Waals surface area (Å²) in [6.07, 6.45) is 3.92. The van der Waals surface area contributed by atoms with Crippen LogP contribution in [0.1, 0.15) is 24.8 Å². The number of halogens is 2. The molecule has 2 nitrogen and oxygen atoms in total. The number of nitrogens with one attached hydrogen (secondary N) is 1. The molecule has 4 heteroatoms. The normalized spacial score (nSPS) is 24.2. The fraction of sp³-hybridized carbons (Fsp3) is 0.538. The Kier molecular flexibility index (Phi) is 4.86. The maximum atomic E-state index is 6.16. The van der Waals surface area contributed by atoms with E-state index in [4.69, 9.17) is 16.3 Å². The molecule has 1 N–H and O–H groups in total. The minimum Gasteiger partial charge on any atom is -0.380 e. The van der Waals surface area contributed by atoms with E-state index < -0.39 is 0 Å². The molecule has 0 bridgehead atoms. The third kappa shape index (κ3) is 3.44. The van der Waals surface area contributed by atoms with Gasteiger partial charge in [-0.3, -0.25) is 0 Å². The van der Waals surface area contributed by atoms with E-state index in [1.54, 1.807) is 7.11 Å². The van der Waals surface area contributed by atoms with Gasteiger partial charge in [0.2, 0.25) is 0 Å². The number of methoxy groups -OCH3 is 1. The minimum absolute atomic E-state index is 0.348. The molecule has 1 saturated carbocycles. The van der Waals surface area contributed by atoms with Crippen molar-refractivity contribution in [2.75, 3.05) is 7.11 Å². The predicted molar refractivity (Wildman–Crippen MR) is 74.4 cm³/mol. The lowest BCUT2D eigenvalue weighted by atomic mass is 10.1. The van der Waals surface area contributed by atoms with Crippen molar-refractivity contribution < 1.29 is 4.74 Å². The molecule has 94 valence electrons. The van der Waals surface area contributed by atoms with Crippen LogP contribution in [0.2, 0.25) is 5.02 Å². The Bertz CT molecular complexity index is 386. The van der Waals surface area contributed by atoms with Gasteiger partial charge in [0.15, 0.2) is 0 Å². The van der Waals surface area contributed by atoms with Gasteiger partial charge in [0.05, 0.1) is 6.10 Å². The van der Waals surface area contributed by atoms with Gasteiger partial charge in [0, 0.05) is 29.2 Å². The third-order valence-corrected chi connectivity index (χ3v) is 4.18. The summed E-state index contributed by atoms with van der Waals surface area (Å²) >= 11 is 9.62. The van der Waals surface area contributed by atoms with Crippen LogP contribution in [0.15, 0.2) is 22.7 Å². The van der Waals surface area contributed by atoms with Gasteiger partial charge in [-0.25, -0.2) is 0 Å². The number of benzene rings is 1. The highest BCUT2D eigenvalue weighted by Crippen LogP contribution is 2.24. The second-order valence-electron chi connectivity index (χ2n) is 4.43. The van der Waals surface area contributed by atoms with Crippen molar-refractivity contribution in [2.24, 2.45) is 0 Å². The molecule has 1 aromatic rings. The number of ether oxygens (including phenoxy) is 1. The van der Waals surface area contributed by atoms with Crippen molar-refractivity contribution in [1.82, 2.24) is 5.32 Å². The largest absolute Gasteiger partial charge is 0.380 e. The quantitative estimate of drug-likeness (QED) is 0.912. The molecule has 1 aliphatic carbocycles. The zero-order chi connectivity index (χ0) is 12.3. The van der Waals surface area contributed by atoms with Gasteiger partial charge >= 0.3 is 0 Å². The molecule has 0 aliphatic heterocycles. The number of hydrogen-bond donors (Lipinski definition) is 1. The average molecular weight is 319 g/mol. The van der Waals surface area contributed by atoms with E-state index >= 15 is 0 Å². The average Bonchev–Trinajstić information content (AvgIpc) is 2.77. The van der Waals surface area contributed by atoms with Crippen molar-refractivity contribution in [3.8, 4) is 0 Å². The monoisotopic (exact) mass is 317 g/mol. The highest BCUT2D eigenvalue weighted by molar-refractivity contribution is 9.10. The van der Waals surface area contributed by atoms with Crippen LogP contribution in [0, 0.1) is 0 Å². The highest BCUT2D eigenvalue weighted by Gasteiger charge is 2.26. The first-order chi connectivity index (χ1) is 8.20. The summed E-state index contributed by atoms with van der Waals surface area (Å²) in [5.74, 6) is 0. The van der Waals surface area contributed by atoms with Gasteiger partial charge in [-0.05, 0) is 43.0 Å². The number of rotatable bonds is 4. The highest BCUT2D eigenvalue weighted by atomic mass is 79.9. The van der Waals surface area contributed by atoms with Crippen LogP contribution in [0.3, 0.4) is 0 Å². The first-order valence-electron chi connectivity index (χ1n) is 5.91.